The van der Waals surface area contributed by atoms with Crippen LogP contribution in [0.5, 0.6) is 0 Å². The maximum absolute atomic E-state index is 12.0. The van der Waals surface area contributed by atoms with Crippen LogP contribution >= 0.6 is 0 Å². The van der Waals surface area contributed by atoms with Gasteiger partial charge in [0.25, 0.3) is 0 Å². The highest BCUT2D eigenvalue weighted by Crippen LogP contribution is 2.17. The maximum atomic E-state index is 12.0. The van der Waals surface area contributed by atoms with E-state index in [4.69, 9.17) is 5.73 Å². The van der Waals surface area contributed by atoms with Crippen LogP contribution in [0, 0.1) is 5.41 Å². The Morgan fingerprint density at radius 1 is 1.56 bits per heavy atom. The fourth-order valence-electron chi connectivity index (χ4n) is 1.44. The Morgan fingerprint density at radius 2 is 2.25 bits per heavy atom. The first-order valence-electron chi connectivity index (χ1n) is 5.32. The van der Waals surface area contributed by atoms with E-state index in [9.17, 15) is 4.79 Å². The molecule has 1 amide bonds. The van der Waals surface area contributed by atoms with E-state index in [-0.39, 0.29) is 5.91 Å². The molecule has 1 rings (SSSR count). The van der Waals surface area contributed by atoms with E-state index in [1.807, 2.05) is 26.0 Å². The lowest BCUT2D eigenvalue weighted by atomic mass is 9.92. The van der Waals surface area contributed by atoms with Gasteiger partial charge in [-0.3, -0.25) is 9.78 Å². The van der Waals surface area contributed by atoms with Crippen molar-refractivity contribution < 1.29 is 4.79 Å². The van der Waals surface area contributed by atoms with E-state index in [2.05, 4.69) is 4.98 Å². The van der Waals surface area contributed by atoms with Gasteiger partial charge in [0.05, 0.1) is 5.41 Å². The highest BCUT2D eigenvalue weighted by Gasteiger charge is 2.28. The van der Waals surface area contributed by atoms with Crippen LogP contribution in [0.1, 0.15) is 19.4 Å². The first-order chi connectivity index (χ1) is 7.47. The molecule has 0 bridgehead atoms. The zero-order valence-corrected chi connectivity index (χ0v) is 10.1. The number of carbonyl (C=O) groups is 1. The van der Waals surface area contributed by atoms with Gasteiger partial charge in [-0.05, 0) is 25.5 Å². The fraction of sp³-hybridized carbons (Fsp3) is 0.500. The van der Waals surface area contributed by atoms with Crippen molar-refractivity contribution >= 4 is 5.91 Å². The van der Waals surface area contributed by atoms with Crippen LogP contribution in [-0.4, -0.2) is 29.4 Å². The number of rotatable bonds is 4. The topological polar surface area (TPSA) is 59.2 Å². The largest absolute Gasteiger partial charge is 0.341 e. The normalized spacial score (nSPS) is 11.2. The number of carbonyl (C=O) groups excluding carboxylic acids is 1. The molecule has 0 fully saturated rings. The molecule has 0 atom stereocenters. The molecule has 1 heterocycles. The Kier molecular flexibility index (Phi) is 4.01. The van der Waals surface area contributed by atoms with Gasteiger partial charge in [-0.2, -0.15) is 0 Å². The van der Waals surface area contributed by atoms with Crippen molar-refractivity contribution in [2.45, 2.75) is 20.4 Å². The lowest BCUT2D eigenvalue weighted by molar-refractivity contribution is -0.139. The zero-order valence-electron chi connectivity index (χ0n) is 10.1. The molecule has 0 aliphatic carbocycles. The molecular weight excluding hydrogens is 202 g/mol. The van der Waals surface area contributed by atoms with Crippen LogP contribution in [0.4, 0.5) is 0 Å². The van der Waals surface area contributed by atoms with E-state index in [1.165, 1.54) is 0 Å². The van der Waals surface area contributed by atoms with Gasteiger partial charge >= 0.3 is 0 Å². The van der Waals surface area contributed by atoms with Crippen molar-refractivity contribution in [3.63, 3.8) is 0 Å². The minimum atomic E-state index is -0.503. The molecule has 1 aromatic heterocycles. The van der Waals surface area contributed by atoms with E-state index < -0.39 is 5.41 Å². The molecule has 2 N–H and O–H groups in total. The summed E-state index contributed by atoms with van der Waals surface area (Å²) < 4.78 is 0. The Balaban J connectivity index is 2.66. The van der Waals surface area contributed by atoms with Crippen LogP contribution in [-0.2, 0) is 11.3 Å². The third kappa shape index (κ3) is 3.03. The van der Waals surface area contributed by atoms with Crippen LogP contribution in [0.2, 0.25) is 0 Å². The first-order valence-corrected chi connectivity index (χ1v) is 5.32. The molecule has 0 aromatic carbocycles. The second-order valence-corrected chi connectivity index (χ2v) is 4.61. The van der Waals surface area contributed by atoms with Gasteiger partial charge in [-0.25, -0.2) is 0 Å². The molecular formula is C12H19N3O. The van der Waals surface area contributed by atoms with Crippen molar-refractivity contribution in [2.24, 2.45) is 11.1 Å². The van der Waals surface area contributed by atoms with Crippen LogP contribution in [0.3, 0.4) is 0 Å². The van der Waals surface area contributed by atoms with E-state index in [0.29, 0.717) is 13.1 Å². The third-order valence-electron chi connectivity index (χ3n) is 2.58. The van der Waals surface area contributed by atoms with Crippen molar-refractivity contribution in [1.82, 2.24) is 9.88 Å². The Morgan fingerprint density at radius 3 is 2.75 bits per heavy atom. The van der Waals surface area contributed by atoms with Crippen LogP contribution in [0.15, 0.2) is 24.5 Å². The summed E-state index contributed by atoms with van der Waals surface area (Å²) in [6.07, 6.45) is 3.48. The van der Waals surface area contributed by atoms with Gasteiger partial charge in [0.15, 0.2) is 0 Å². The molecule has 0 saturated carbocycles. The molecule has 88 valence electrons. The van der Waals surface area contributed by atoms with Gasteiger partial charge in [0.2, 0.25) is 5.91 Å². The summed E-state index contributed by atoms with van der Waals surface area (Å²) in [4.78, 5) is 17.7. The molecule has 0 saturated heterocycles. The fourth-order valence-corrected chi connectivity index (χ4v) is 1.44. The van der Waals surface area contributed by atoms with Crippen LogP contribution < -0.4 is 5.73 Å². The Hall–Kier alpha value is -1.42. The van der Waals surface area contributed by atoms with Crippen molar-refractivity contribution in [3.05, 3.63) is 30.1 Å². The number of pyridine rings is 1. The number of nitrogens with zero attached hydrogens (tertiary/aromatic N) is 2. The summed E-state index contributed by atoms with van der Waals surface area (Å²) in [6, 6.07) is 3.81. The summed E-state index contributed by atoms with van der Waals surface area (Å²) in [7, 11) is 1.78. The molecule has 0 aliphatic rings. The second kappa shape index (κ2) is 5.07. The molecule has 0 aliphatic heterocycles. The highest BCUT2D eigenvalue weighted by molar-refractivity contribution is 5.81. The Bertz CT molecular complexity index is 349. The monoisotopic (exact) mass is 221 g/mol. The SMILES string of the molecule is CN(Cc1cccnc1)C(=O)C(C)(C)CN. The lowest BCUT2D eigenvalue weighted by Gasteiger charge is -2.28. The lowest BCUT2D eigenvalue weighted by Crippen LogP contribution is -2.42. The Labute approximate surface area is 96.5 Å². The standard InChI is InChI=1S/C12H19N3O/c1-12(2,9-13)11(16)15(3)8-10-5-4-6-14-7-10/h4-7H,8-9,13H2,1-3H3. The molecule has 0 unspecified atom stereocenters. The summed E-state index contributed by atoms with van der Waals surface area (Å²) >= 11 is 0. The predicted octanol–water partition coefficient (Wildman–Crippen LogP) is 1.02. The van der Waals surface area contributed by atoms with Gasteiger partial charge in [-0.15, -0.1) is 0 Å². The van der Waals surface area contributed by atoms with E-state index in [0.717, 1.165) is 5.56 Å². The number of nitrogens with two attached hydrogens (primary N) is 1. The molecule has 1 aromatic rings. The number of hydrogen-bond acceptors (Lipinski definition) is 3. The second-order valence-electron chi connectivity index (χ2n) is 4.61. The molecule has 0 spiro atoms. The van der Waals surface area contributed by atoms with Crippen molar-refractivity contribution in [2.75, 3.05) is 13.6 Å². The van der Waals surface area contributed by atoms with E-state index >= 15 is 0 Å². The third-order valence-corrected chi connectivity index (χ3v) is 2.58. The number of hydrogen-bond donors (Lipinski definition) is 1. The molecule has 0 radical (unpaired) electrons. The zero-order chi connectivity index (χ0) is 12.2. The smallest absolute Gasteiger partial charge is 0.229 e. The van der Waals surface area contributed by atoms with Crippen molar-refractivity contribution in [3.8, 4) is 0 Å². The molecule has 16 heavy (non-hydrogen) atoms. The summed E-state index contributed by atoms with van der Waals surface area (Å²) in [5, 5.41) is 0. The number of aromatic nitrogens is 1. The number of amides is 1. The van der Waals surface area contributed by atoms with Gasteiger partial charge < -0.3 is 10.6 Å². The van der Waals surface area contributed by atoms with Gasteiger partial charge in [0, 0.05) is 32.5 Å². The van der Waals surface area contributed by atoms with E-state index in [1.54, 1.807) is 24.3 Å². The first kappa shape index (κ1) is 12.6. The summed E-state index contributed by atoms with van der Waals surface area (Å²) in [5.41, 5.74) is 6.10. The summed E-state index contributed by atoms with van der Waals surface area (Å²) in [6.45, 7) is 4.63. The molecule has 4 nitrogen and oxygen atoms in total. The van der Waals surface area contributed by atoms with Crippen LogP contribution in [0.25, 0.3) is 0 Å². The maximum Gasteiger partial charge on any atom is 0.229 e. The average Bonchev–Trinajstić information content (AvgIpc) is 2.29. The van der Waals surface area contributed by atoms with Gasteiger partial charge in [-0.1, -0.05) is 6.07 Å². The predicted molar refractivity (Wildman–Crippen MR) is 63.5 cm³/mol. The minimum Gasteiger partial charge on any atom is -0.341 e. The highest BCUT2D eigenvalue weighted by atomic mass is 16.2. The quantitative estimate of drug-likeness (QED) is 0.826. The molecule has 4 heteroatoms. The summed E-state index contributed by atoms with van der Waals surface area (Å²) in [5.74, 6) is 0.0545. The minimum absolute atomic E-state index is 0.0545. The van der Waals surface area contributed by atoms with Crippen molar-refractivity contribution in [1.29, 1.82) is 0 Å². The van der Waals surface area contributed by atoms with Gasteiger partial charge in [0.1, 0.15) is 0 Å². The average molecular weight is 221 g/mol.